The van der Waals surface area contributed by atoms with Gasteiger partial charge in [0, 0.05) is 0 Å². The summed E-state index contributed by atoms with van der Waals surface area (Å²) in [6.45, 7) is 0. The van der Waals surface area contributed by atoms with Gasteiger partial charge in [-0.2, -0.15) is 5.10 Å². The summed E-state index contributed by atoms with van der Waals surface area (Å²) in [7, 11) is 0. The fourth-order valence-electron chi connectivity index (χ4n) is 1.07. The zero-order valence-corrected chi connectivity index (χ0v) is 8.29. The molecule has 0 unspecified atom stereocenters. The zero-order chi connectivity index (χ0) is 11.2. The zero-order valence-electron chi connectivity index (χ0n) is 8.29. The van der Waals surface area contributed by atoms with Gasteiger partial charge in [0.05, 0.1) is 6.21 Å². The Bertz CT molecular complexity index is 534. The first-order valence-electron chi connectivity index (χ1n) is 4.61. The third-order valence-electron chi connectivity index (χ3n) is 1.76. The normalized spacial score (nSPS) is 10.5. The highest BCUT2D eigenvalue weighted by atomic mass is 16.1. The lowest BCUT2D eigenvalue weighted by atomic mass is 10.2. The summed E-state index contributed by atoms with van der Waals surface area (Å²) in [6, 6.07) is 9.55. The van der Waals surface area contributed by atoms with Crippen LogP contribution in [0.2, 0.25) is 0 Å². The first-order chi connectivity index (χ1) is 7.84. The number of anilines is 1. The summed E-state index contributed by atoms with van der Waals surface area (Å²) in [5.41, 5.74) is 3.19. The Morgan fingerprint density at radius 1 is 1.31 bits per heavy atom. The molecule has 16 heavy (non-hydrogen) atoms. The van der Waals surface area contributed by atoms with Crippen LogP contribution >= 0.6 is 0 Å². The minimum absolute atomic E-state index is 0.208. The lowest BCUT2D eigenvalue weighted by Crippen LogP contribution is -2.10. The summed E-state index contributed by atoms with van der Waals surface area (Å²) < 4.78 is 0. The maximum atomic E-state index is 10.9. The first-order valence-corrected chi connectivity index (χ1v) is 4.61. The van der Waals surface area contributed by atoms with Crippen LogP contribution in [0, 0.1) is 0 Å². The second-order valence-electron chi connectivity index (χ2n) is 2.96. The summed E-state index contributed by atoms with van der Waals surface area (Å²) in [4.78, 5) is 13.3. The molecule has 0 bridgehead atoms. The number of nitrogens with one attached hydrogen (secondary N) is 2. The maximum absolute atomic E-state index is 10.9. The molecule has 0 aliphatic rings. The summed E-state index contributed by atoms with van der Waals surface area (Å²) in [6.07, 6.45) is 2.71. The number of aromatic nitrogens is 3. The molecular formula is C10H9N5O. The highest BCUT2D eigenvalue weighted by molar-refractivity contribution is 5.79. The van der Waals surface area contributed by atoms with E-state index < -0.39 is 0 Å². The number of H-pyrrole nitrogens is 1. The molecule has 6 heteroatoms. The van der Waals surface area contributed by atoms with E-state index in [4.69, 9.17) is 0 Å². The van der Waals surface area contributed by atoms with Gasteiger partial charge in [-0.1, -0.05) is 30.3 Å². The maximum Gasteiger partial charge on any atom is 0.271 e. The molecular weight excluding hydrogens is 206 g/mol. The standard InChI is InChI=1S/C10H9N5O/c16-9-7-12-15-10(13-9)14-11-6-8-4-2-1-3-5-8/h1-7H,(H2,13,14,15,16)/b11-6+. The minimum atomic E-state index is -0.326. The van der Waals surface area contributed by atoms with E-state index in [9.17, 15) is 4.79 Å². The van der Waals surface area contributed by atoms with E-state index >= 15 is 0 Å². The van der Waals surface area contributed by atoms with Gasteiger partial charge in [0.2, 0.25) is 5.95 Å². The van der Waals surface area contributed by atoms with Gasteiger partial charge in [-0.25, -0.2) is 5.43 Å². The van der Waals surface area contributed by atoms with Crippen molar-refractivity contribution < 1.29 is 0 Å². The summed E-state index contributed by atoms with van der Waals surface area (Å²) >= 11 is 0. The fraction of sp³-hybridized carbons (Fsp3) is 0. The van der Waals surface area contributed by atoms with Crippen LogP contribution in [-0.4, -0.2) is 21.4 Å². The van der Waals surface area contributed by atoms with Crippen LogP contribution in [0.1, 0.15) is 5.56 Å². The predicted octanol–water partition coefficient (Wildman–Crippen LogP) is 0.611. The summed E-state index contributed by atoms with van der Waals surface area (Å²) in [5, 5.41) is 11.0. The number of rotatable bonds is 3. The lowest BCUT2D eigenvalue weighted by molar-refractivity contribution is 0.939. The first kappa shape index (κ1) is 10.0. The third-order valence-corrected chi connectivity index (χ3v) is 1.76. The van der Waals surface area contributed by atoms with Crippen molar-refractivity contribution >= 4 is 12.2 Å². The number of aromatic amines is 1. The van der Waals surface area contributed by atoms with Crippen LogP contribution in [0.5, 0.6) is 0 Å². The average Bonchev–Trinajstić information content (AvgIpc) is 2.30. The Balaban J connectivity index is 2.03. The van der Waals surface area contributed by atoms with Crippen LogP contribution in [0.15, 0.2) is 46.4 Å². The molecule has 0 aliphatic heterocycles. The molecule has 1 heterocycles. The number of hydrazone groups is 1. The number of hydrogen-bond donors (Lipinski definition) is 2. The van der Waals surface area contributed by atoms with Crippen LogP contribution in [-0.2, 0) is 0 Å². The predicted molar refractivity (Wildman–Crippen MR) is 60.3 cm³/mol. The highest BCUT2D eigenvalue weighted by Gasteiger charge is 1.91. The number of hydrogen-bond acceptors (Lipinski definition) is 5. The Hall–Kier alpha value is -2.50. The second kappa shape index (κ2) is 4.83. The van der Waals surface area contributed by atoms with Crippen LogP contribution < -0.4 is 11.0 Å². The smallest absolute Gasteiger partial charge is 0.271 e. The van der Waals surface area contributed by atoms with Crippen molar-refractivity contribution in [1.82, 2.24) is 15.2 Å². The molecule has 0 fully saturated rings. The van der Waals surface area contributed by atoms with E-state index in [1.165, 1.54) is 0 Å². The molecule has 0 saturated heterocycles. The molecule has 1 aromatic heterocycles. The van der Waals surface area contributed by atoms with Crippen molar-refractivity contribution in [3.8, 4) is 0 Å². The van der Waals surface area contributed by atoms with Crippen molar-refractivity contribution in [2.45, 2.75) is 0 Å². The molecule has 0 spiro atoms. The third kappa shape index (κ3) is 2.74. The van der Waals surface area contributed by atoms with Crippen LogP contribution in [0.25, 0.3) is 0 Å². The minimum Gasteiger partial charge on any atom is -0.289 e. The van der Waals surface area contributed by atoms with E-state index in [0.717, 1.165) is 11.8 Å². The molecule has 6 nitrogen and oxygen atoms in total. The molecule has 0 amide bonds. The highest BCUT2D eigenvalue weighted by Crippen LogP contribution is 1.94. The van der Waals surface area contributed by atoms with Crippen molar-refractivity contribution in [3.05, 3.63) is 52.4 Å². The van der Waals surface area contributed by atoms with E-state index in [2.05, 4.69) is 25.7 Å². The number of benzene rings is 1. The van der Waals surface area contributed by atoms with Crippen molar-refractivity contribution in [2.75, 3.05) is 5.43 Å². The summed E-state index contributed by atoms with van der Waals surface area (Å²) in [5.74, 6) is 0.208. The van der Waals surface area contributed by atoms with Gasteiger partial charge in [0.25, 0.3) is 5.56 Å². The average molecular weight is 215 g/mol. The molecule has 80 valence electrons. The Kier molecular flexibility index (Phi) is 3.03. The van der Waals surface area contributed by atoms with Gasteiger partial charge in [-0.15, -0.1) is 10.2 Å². The molecule has 0 atom stereocenters. The second-order valence-corrected chi connectivity index (χ2v) is 2.96. The molecule has 2 N–H and O–H groups in total. The van der Waals surface area contributed by atoms with Gasteiger partial charge >= 0.3 is 0 Å². The van der Waals surface area contributed by atoms with Crippen LogP contribution in [0.3, 0.4) is 0 Å². The van der Waals surface area contributed by atoms with Gasteiger partial charge in [-0.05, 0) is 5.56 Å². The van der Waals surface area contributed by atoms with E-state index in [0.29, 0.717) is 0 Å². The molecule has 0 saturated carbocycles. The monoisotopic (exact) mass is 215 g/mol. The van der Waals surface area contributed by atoms with Crippen molar-refractivity contribution in [1.29, 1.82) is 0 Å². The van der Waals surface area contributed by atoms with Crippen molar-refractivity contribution in [3.63, 3.8) is 0 Å². The SMILES string of the molecule is O=c1cnnc(N/N=C/c2ccccc2)[nH]1. The van der Waals surface area contributed by atoms with Gasteiger partial charge in [0.15, 0.2) is 0 Å². The van der Waals surface area contributed by atoms with E-state index in [1.807, 2.05) is 30.3 Å². The molecule has 0 aliphatic carbocycles. The van der Waals surface area contributed by atoms with Crippen LogP contribution in [0.4, 0.5) is 5.95 Å². The number of nitrogens with zero attached hydrogens (tertiary/aromatic N) is 3. The molecule has 2 rings (SSSR count). The molecule has 0 radical (unpaired) electrons. The van der Waals surface area contributed by atoms with E-state index in [1.54, 1.807) is 6.21 Å². The largest absolute Gasteiger partial charge is 0.289 e. The van der Waals surface area contributed by atoms with E-state index in [-0.39, 0.29) is 11.5 Å². The Labute approximate surface area is 91.1 Å². The topological polar surface area (TPSA) is 83.0 Å². The van der Waals surface area contributed by atoms with Gasteiger partial charge in [-0.3, -0.25) is 9.78 Å². The van der Waals surface area contributed by atoms with Crippen molar-refractivity contribution in [2.24, 2.45) is 5.10 Å². The fourth-order valence-corrected chi connectivity index (χ4v) is 1.07. The lowest BCUT2D eigenvalue weighted by Gasteiger charge is -1.95. The Morgan fingerprint density at radius 3 is 2.88 bits per heavy atom. The van der Waals surface area contributed by atoms with Gasteiger partial charge < -0.3 is 0 Å². The quantitative estimate of drug-likeness (QED) is 0.580. The molecule has 2 aromatic rings. The van der Waals surface area contributed by atoms with Gasteiger partial charge in [0.1, 0.15) is 6.20 Å². The molecule has 1 aromatic carbocycles. The Morgan fingerprint density at radius 2 is 2.12 bits per heavy atom.